The molecule has 1 aliphatic heterocycles. The van der Waals surface area contributed by atoms with Crippen molar-refractivity contribution in [3.8, 4) is 0 Å². The minimum Gasteiger partial charge on any atom is -0.369 e. The monoisotopic (exact) mass is 1170 g/mol. The summed E-state index contributed by atoms with van der Waals surface area (Å²) in [6, 6.07) is 20.1. The topological polar surface area (TPSA) is 238 Å². The van der Waals surface area contributed by atoms with Crippen molar-refractivity contribution in [2.45, 2.75) is 237 Å². The average Bonchev–Trinajstić information content (AvgIpc) is 4.09. The van der Waals surface area contributed by atoms with Crippen LogP contribution in [0, 0.1) is 43.8 Å². The number of carbonyl (C=O) groups is 8. The lowest BCUT2D eigenvalue weighted by atomic mass is 9.95. The zero-order valence-corrected chi connectivity index (χ0v) is 57.4. The van der Waals surface area contributed by atoms with Crippen LogP contribution < -0.4 is 37.6 Å². The minimum atomic E-state index is -0.361. The number of amides is 8. The van der Waals surface area contributed by atoms with Crippen molar-refractivity contribution in [3.05, 3.63) is 66.2 Å². The van der Waals surface area contributed by atoms with Gasteiger partial charge in [-0.25, -0.2) is 0 Å². The molecular formula is C67H122N8O8. The molecule has 8 N–H and O–H groups in total. The summed E-state index contributed by atoms with van der Waals surface area (Å²) in [5, 5.41) is 16.9. The van der Waals surface area contributed by atoms with Gasteiger partial charge in [-0.1, -0.05) is 221 Å². The Hall–Kier alpha value is -5.80. The molecule has 0 radical (unpaired) electrons. The van der Waals surface area contributed by atoms with Gasteiger partial charge in [0, 0.05) is 94.8 Å². The highest BCUT2D eigenvalue weighted by Gasteiger charge is 2.29. The molecule has 478 valence electrons. The van der Waals surface area contributed by atoms with Gasteiger partial charge in [-0.15, -0.1) is 0 Å². The van der Waals surface area contributed by atoms with E-state index >= 15 is 0 Å². The lowest BCUT2D eigenvalue weighted by molar-refractivity contribution is -0.138. The van der Waals surface area contributed by atoms with Gasteiger partial charge in [0.2, 0.25) is 47.3 Å². The third kappa shape index (κ3) is 45.3. The number of likely N-dealkylation sites (tertiary alicyclic amines) is 1. The van der Waals surface area contributed by atoms with E-state index in [9.17, 15) is 38.4 Å². The van der Waals surface area contributed by atoms with Crippen molar-refractivity contribution in [2.75, 3.05) is 32.0 Å². The molecule has 1 saturated carbocycles. The smallest absolute Gasteiger partial charge is 0.229 e. The van der Waals surface area contributed by atoms with Gasteiger partial charge in [-0.05, 0) is 64.2 Å². The highest BCUT2D eigenvalue weighted by molar-refractivity contribution is 5.94. The predicted octanol–water partition coefficient (Wildman–Crippen LogP) is 12.4. The van der Waals surface area contributed by atoms with Crippen molar-refractivity contribution in [3.63, 3.8) is 0 Å². The van der Waals surface area contributed by atoms with Gasteiger partial charge in [0.15, 0.2) is 0 Å². The molecule has 2 aromatic rings. The molecule has 16 heteroatoms. The maximum absolute atomic E-state index is 11.6. The summed E-state index contributed by atoms with van der Waals surface area (Å²) in [7, 11) is 1.65. The number of nitrogens with zero attached hydrogens (tertiary/aromatic N) is 1. The lowest BCUT2D eigenvalue weighted by Gasteiger charge is -2.25. The van der Waals surface area contributed by atoms with Crippen LogP contribution in [0.4, 0.5) is 5.69 Å². The van der Waals surface area contributed by atoms with E-state index in [2.05, 4.69) is 31.9 Å². The second-order valence-electron chi connectivity index (χ2n) is 28.8. The zero-order chi connectivity index (χ0) is 66.0. The van der Waals surface area contributed by atoms with Crippen LogP contribution in [0.5, 0.6) is 0 Å². The summed E-state index contributed by atoms with van der Waals surface area (Å²) < 4.78 is 0. The van der Waals surface area contributed by atoms with Gasteiger partial charge in [-0.2, -0.15) is 0 Å². The van der Waals surface area contributed by atoms with Crippen LogP contribution in [-0.2, 0) is 44.9 Å². The molecule has 1 heterocycles. The van der Waals surface area contributed by atoms with Crippen LogP contribution in [0.3, 0.4) is 0 Å². The standard InChI is InChI=1S/2C11H15NO.C10H19NO.C9H17NO.C8H17NO.C7H15NO.C6H13NO.C5H11NO/c1-11(2,3)10(13)12-9-7-5-4-6-8-9;1-9(2)11(13)12-8-10-6-4-3-5-7-10;1-10(2,3)9(12)11-8-6-4-5-7-8;1-9(2,3)8(11)10-6-4-5-7-10;1-6(2)9-7(10)8(3,4)5;1-5-8-6(9)7(2,3)4;1-6(2,3)5(8)7-4;1-5(2,3)4(6)7/h4-8H,1-3H3,(H,12,13);3-7,9H,8H2,1-2H3,(H,12,13);8H,4-7H2,1-3H3,(H,11,12);4-7H2,1-3H3;6H,1-5H3,(H,9,10);5H2,1-4H3,(H,8,9);1-4H3,(H,7,8);1-3H3,(H2,6,7). The largest absolute Gasteiger partial charge is 0.369 e. The van der Waals surface area contributed by atoms with E-state index in [1.165, 1.54) is 38.5 Å². The molecule has 2 aliphatic rings. The van der Waals surface area contributed by atoms with Crippen LogP contribution in [0.2, 0.25) is 0 Å². The maximum atomic E-state index is 11.6. The quantitative estimate of drug-likeness (QED) is 0.140. The fraction of sp³-hybridized carbons (Fsp3) is 0.701. The first-order chi connectivity index (χ1) is 37.5. The molecule has 8 amide bonds. The molecule has 1 aliphatic carbocycles. The summed E-state index contributed by atoms with van der Waals surface area (Å²) in [5.74, 6) is 0.744. The second kappa shape index (κ2) is 39.7. The maximum Gasteiger partial charge on any atom is 0.229 e. The summed E-state index contributed by atoms with van der Waals surface area (Å²) in [6.07, 6.45) is 7.25. The van der Waals surface area contributed by atoms with Crippen molar-refractivity contribution < 1.29 is 38.4 Å². The number of nitrogens with two attached hydrogens (primary N) is 1. The number of primary amides is 1. The lowest BCUT2D eigenvalue weighted by Crippen LogP contribution is -2.40. The van der Waals surface area contributed by atoms with Crippen molar-refractivity contribution >= 4 is 52.9 Å². The highest BCUT2D eigenvalue weighted by Crippen LogP contribution is 2.22. The molecule has 2 fully saturated rings. The molecule has 0 unspecified atom stereocenters. The SMILES string of the molecule is CC(C)(C)C(=O)N1CCCC1.CC(C)(C)C(=O)NC1CCCC1.CC(C)(C)C(=O)Nc1ccccc1.CC(C)(C)C(N)=O.CC(C)C(=O)NCc1ccccc1.CC(C)NC(=O)C(C)(C)C.CCNC(=O)C(C)(C)C.CNC(=O)C(C)(C)C. The summed E-state index contributed by atoms with van der Waals surface area (Å²) >= 11 is 0. The van der Waals surface area contributed by atoms with E-state index in [4.69, 9.17) is 5.73 Å². The number of hydrogen-bond acceptors (Lipinski definition) is 8. The Balaban J connectivity index is -0.000000433. The summed E-state index contributed by atoms with van der Waals surface area (Å²) in [5.41, 5.74) is 5.05. The number of rotatable bonds is 7. The van der Waals surface area contributed by atoms with Gasteiger partial charge in [0.1, 0.15) is 0 Å². The number of para-hydroxylation sites is 1. The Kier molecular flexibility index (Phi) is 40.0. The molecule has 0 atom stereocenters. The molecule has 2 aromatic carbocycles. The first-order valence-electron chi connectivity index (χ1n) is 29.9. The Morgan fingerprint density at radius 1 is 0.506 bits per heavy atom. The van der Waals surface area contributed by atoms with E-state index < -0.39 is 0 Å². The Morgan fingerprint density at radius 2 is 0.892 bits per heavy atom. The van der Waals surface area contributed by atoms with E-state index in [0.29, 0.717) is 18.5 Å². The fourth-order valence-corrected chi connectivity index (χ4v) is 5.98. The molecule has 1 saturated heterocycles. The Bertz CT molecular complexity index is 2170. The number of carbonyl (C=O) groups excluding carboxylic acids is 8. The van der Waals surface area contributed by atoms with Gasteiger partial charge < -0.3 is 42.5 Å². The van der Waals surface area contributed by atoms with Gasteiger partial charge in [0.25, 0.3) is 0 Å². The van der Waals surface area contributed by atoms with Crippen molar-refractivity contribution in [2.24, 2.45) is 49.6 Å². The van der Waals surface area contributed by atoms with E-state index in [1.807, 2.05) is 225 Å². The van der Waals surface area contributed by atoms with Gasteiger partial charge >= 0.3 is 0 Å². The normalized spacial score (nSPS) is 13.3. The fourth-order valence-electron chi connectivity index (χ4n) is 5.98. The van der Waals surface area contributed by atoms with Crippen LogP contribution in [0.25, 0.3) is 0 Å². The number of hydrogen-bond donors (Lipinski definition) is 7. The first-order valence-corrected chi connectivity index (χ1v) is 29.9. The molecular weight excluding hydrogens is 1040 g/mol. The molecule has 0 bridgehead atoms. The number of anilines is 1. The molecule has 0 aromatic heterocycles. The average molecular weight is 1170 g/mol. The summed E-state index contributed by atoms with van der Waals surface area (Å²) in [6.45, 7) is 52.8. The number of nitrogens with one attached hydrogen (secondary N) is 6. The highest BCUT2D eigenvalue weighted by atomic mass is 16.2. The third-order valence-corrected chi connectivity index (χ3v) is 11.7. The summed E-state index contributed by atoms with van der Waals surface area (Å²) in [4.78, 5) is 90.9. The van der Waals surface area contributed by atoms with E-state index in [-0.39, 0.29) is 91.2 Å². The van der Waals surface area contributed by atoms with Crippen LogP contribution in [0.15, 0.2) is 60.7 Å². The van der Waals surface area contributed by atoms with Gasteiger partial charge in [-0.3, -0.25) is 38.4 Å². The van der Waals surface area contributed by atoms with Crippen LogP contribution >= 0.6 is 0 Å². The van der Waals surface area contributed by atoms with Crippen LogP contribution in [0.1, 0.15) is 224 Å². The van der Waals surface area contributed by atoms with E-state index in [1.54, 1.807) is 27.8 Å². The molecule has 16 nitrogen and oxygen atoms in total. The van der Waals surface area contributed by atoms with Gasteiger partial charge in [0.05, 0.1) is 0 Å². The number of benzene rings is 2. The van der Waals surface area contributed by atoms with Crippen LogP contribution in [-0.4, -0.2) is 90.9 Å². The van der Waals surface area contributed by atoms with Crippen molar-refractivity contribution in [1.29, 1.82) is 0 Å². The molecule has 4 rings (SSSR count). The zero-order valence-electron chi connectivity index (χ0n) is 57.4. The molecule has 83 heavy (non-hydrogen) atoms. The molecule has 0 spiro atoms. The first kappa shape index (κ1) is 83.7. The second-order valence-corrected chi connectivity index (χ2v) is 28.8. The Labute approximate surface area is 505 Å². The third-order valence-electron chi connectivity index (χ3n) is 11.7. The van der Waals surface area contributed by atoms with E-state index in [0.717, 1.165) is 30.9 Å². The predicted molar refractivity (Wildman–Crippen MR) is 346 cm³/mol. The minimum absolute atomic E-state index is 0.0405. The van der Waals surface area contributed by atoms with Crippen molar-refractivity contribution in [1.82, 2.24) is 31.5 Å². The Morgan fingerprint density at radius 3 is 1.17 bits per heavy atom.